The van der Waals surface area contributed by atoms with Crippen LogP contribution in [0, 0.1) is 0 Å². The van der Waals surface area contributed by atoms with Gasteiger partial charge in [0.2, 0.25) is 0 Å². The summed E-state index contributed by atoms with van der Waals surface area (Å²) in [5.74, 6) is 0. The lowest BCUT2D eigenvalue weighted by atomic mass is 10.9. The molecule has 0 saturated heterocycles. The highest BCUT2D eigenvalue weighted by Crippen LogP contribution is 2.34. The van der Waals surface area contributed by atoms with Crippen molar-refractivity contribution in [2.24, 2.45) is 0 Å². The monoisotopic (exact) mass is 152 g/mol. The molecule has 0 atom stereocenters. The number of hydrogen-bond acceptors (Lipinski definition) is 2. The Morgan fingerprint density at radius 1 is 1.44 bits per heavy atom. The molecule has 0 rings (SSSR count). The lowest BCUT2D eigenvalue weighted by molar-refractivity contribution is 0.320. The first-order valence-electron chi connectivity index (χ1n) is 2.81. The van der Waals surface area contributed by atoms with Crippen LogP contribution >= 0.6 is 7.67 Å². The second kappa shape index (κ2) is 4.01. The summed E-state index contributed by atoms with van der Waals surface area (Å²) in [6.45, 7) is 2.24. The second-order valence-corrected chi connectivity index (χ2v) is 3.67. The molecule has 4 nitrogen and oxygen atoms in total. The molecule has 0 aromatic rings. The molecule has 0 heterocycles. The van der Waals surface area contributed by atoms with Crippen LogP contribution in [0.5, 0.6) is 0 Å². The Bertz CT molecular complexity index is 109. The van der Waals surface area contributed by atoms with Crippen LogP contribution in [0.2, 0.25) is 0 Å². The molecule has 0 unspecified atom stereocenters. The molecule has 0 aliphatic rings. The van der Waals surface area contributed by atoms with Crippen molar-refractivity contribution in [3.8, 4) is 0 Å². The molecule has 9 heavy (non-hydrogen) atoms. The minimum absolute atomic E-state index is 0.443. The highest BCUT2D eigenvalue weighted by atomic mass is 31.2. The van der Waals surface area contributed by atoms with E-state index in [2.05, 4.69) is 10.2 Å². The van der Waals surface area contributed by atoms with E-state index < -0.39 is 7.67 Å². The van der Waals surface area contributed by atoms with Gasteiger partial charge < -0.3 is 4.52 Å². The van der Waals surface area contributed by atoms with Crippen LogP contribution in [0.3, 0.4) is 0 Å². The summed E-state index contributed by atoms with van der Waals surface area (Å²) in [5.41, 5.74) is 0. The molecule has 0 fully saturated rings. The second-order valence-electron chi connectivity index (χ2n) is 1.42. The minimum atomic E-state index is -2.68. The zero-order chi connectivity index (χ0) is 7.33. The minimum Gasteiger partial charge on any atom is -0.306 e. The Kier molecular flexibility index (Phi) is 4.06. The van der Waals surface area contributed by atoms with Gasteiger partial charge in [-0.2, -0.15) is 0 Å². The van der Waals surface area contributed by atoms with Gasteiger partial charge in [-0.15, -0.1) is 0 Å². The third kappa shape index (κ3) is 2.96. The summed E-state index contributed by atoms with van der Waals surface area (Å²) in [4.78, 5) is 0. The van der Waals surface area contributed by atoms with Gasteiger partial charge >= 0.3 is 7.67 Å². The van der Waals surface area contributed by atoms with Gasteiger partial charge in [-0.25, -0.2) is 10.2 Å². The van der Waals surface area contributed by atoms with Gasteiger partial charge in [0, 0.05) is 0 Å². The van der Waals surface area contributed by atoms with E-state index in [0.29, 0.717) is 6.61 Å². The first-order chi connectivity index (χ1) is 4.18. The van der Waals surface area contributed by atoms with E-state index in [-0.39, 0.29) is 0 Å². The van der Waals surface area contributed by atoms with Crippen molar-refractivity contribution >= 4 is 7.67 Å². The van der Waals surface area contributed by atoms with E-state index in [1.165, 1.54) is 0 Å². The highest BCUT2D eigenvalue weighted by molar-refractivity contribution is 7.54. The molecule has 0 aliphatic heterocycles. The number of rotatable bonds is 4. The summed E-state index contributed by atoms with van der Waals surface area (Å²) in [6.07, 6.45) is 0. The van der Waals surface area contributed by atoms with Crippen LogP contribution in [0.25, 0.3) is 0 Å². The fraction of sp³-hybridized carbons (Fsp3) is 1.00. The first kappa shape index (κ1) is 9.11. The molecule has 0 radical (unpaired) electrons. The topological polar surface area (TPSA) is 50.4 Å². The van der Waals surface area contributed by atoms with Crippen molar-refractivity contribution in [1.29, 1.82) is 0 Å². The average Bonchev–Trinajstić information content (AvgIpc) is 1.89. The third-order valence-electron chi connectivity index (χ3n) is 0.900. The Balaban J connectivity index is 3.78. The van der Waals surface area contributed by atoms with Gasteiger partial charge in [-0.1, -0.05) is 0 Å². The molecule has 0 aromatic heterocycles. The van der Waals surface area contributed by atoms with E-state index in [9.17, 15) is 4.57 Å². The van der Waals surface area contributed by atoms with Crippen molar-refractivity contribution in [2.45, 2.75) is 6.92 Å². The van der Waals surface area contributed by atoms with Crippen LogP contribution in [0.15, 0.2) is 0 Å². The number of nitrogens with one attached hydrogen (secondary N) is 2. The van der Waals surface area contributed by atoms with Gasteiger partial charge in [-0.05, 0) is 21.0 Å². The maximum atomic E-state index is 11.1. The van der Waals surface area contributed by atoms with Crippen molar-refractivity contribution in [3.05, 3.63) is 0 Å². The summed E-state index contributed by atoms with van der Waals surface area (Å²) in [5, 5.41) is 5.10. The van der Waals surface area contributed by atoms with Crippen molar-refractivity contribution in [2.75, 3.05) is 20.7 Å². The summed E-state index contributed by atoms with van der Waals surface area (Å²) in [7, 11) is 0.499. The van der Waals surface area contributed by atoms with Crippen LogP contribution in [0.1, 0.15) is 6.92 Å². The molecular weight excluding hydrogens is 139 g/mol. The largest absolute Gasteiger partial charge is 0.340 e. The van der Waals surface area contributed by atoms with Crippen LogP contribution < -0.4 is 10.2 Å². The van der Waals surface area contributed by atoms with Gasteiger partial charge in [0.1, 0.15) is 0 Å². The van der Waals surface area contributed by atoms with Gasteiger partial charge in [-0.3, -0.25) is 4.57 Å². The molecule has 2 N–H and O–H groups in total. The van der Waals surface area contributed by atoms with Gasteiger partial charge in [0.25, 0.3) is 0 Å². The maximum Gasteiger partial charge on any atom is 0.340 e. The molecule has 0 bridgehead atoms. The van der Waals surface area contributed by atoms with E-state index >= 15 is 0 Å². The predicted molar refractivity (Wildman–Crippen MR) is 37.4 cm³/mol. The molecule has 0 aromatic carbocycles. The standard InChI is InChI=1S/C4H13N2O2P/c1-4-8-9(7,5-2)6-3/h4H2,1-3H3,(H2,5,6,7). The Hall–Kier alpha value is 0.110. The van der Waals surface area contributed by atoms with Gasteiger partial charge in [0.15, 0.2) is 0 Å². The first-order valence-corrected chi connectivity index (χ1v) is 4.43. The molecule has 56 valence electrons. The predicted octanol–water partition coefficient (Wildman–Crippen LogP) is 0.570. The Morgan fingerprint density at radius 2 is 1.89 bits per heavy atom. The molecule has 0 saturated carbocycles. The fourth-order valence-corrected chi connectivity index (χ4v) is 1.27. The molecular formula is C4H13N2O2P. The van der Waals surface area contributed by atoms with Crippen LogP contribution in [-0.2, 0) is 9.09 Å². The van der Waals surface area contributed by atoms with E-state index in [0.717, 1.165) is 0 Å². The number of hydrogen-bond donors (Lipinski definition) is 2. The smallest absolute Gasteiger partial charge is 0.306 e. The quantitative estimate of drug-likeness (QED) is 0.578. The highest BCUT2D eigenvalue weighted by Gasteiger charge is 2.14. The van der Waals surface area contributed by atoms with Crippen molar-refractivity contribution < 1.29 is 9.09 Å². The average molecular weight is 152 g/mol. The Morgan fingerprint density at radius 3 is 2.00 bits per heavy atom. The summed E-state index contributed by atoms with van der Waals surface area (Å²) >= 11 is 0. The lowest BCUT2D eigenvalue weighted by Gasteiger charge is -2.13. The maximum absolute atomic E-state index is 11.1. The molecule has 0 spiro atoms. The van der Waals surface area contributed by atoms with Crippen molar-refractivity contribution in [3.63, 3.8) is 0 Å². The van der Waals surface area contributed by atoms with Crippen LogP contribution in [0.4, 0.5) is 0 Å². The summed E-state index contributed by atoms with van der Waals surface area (Å²) in [6, 6.07) is 0. The fourth-order valence-electron chi connectivity index (χ4n) is 0.423. The lowest BCUT2D eigenvalue weighted by Crippen LogP contribution is -2.17. The summed E-state index contributed by atoms with van der Waals surface area (Å²) < 4.78 is 16.0. The van der Waals surface area contributed by atoms with E-state index in [4.69, 9.17) is 4.52 Å². The van der Waals surface area contributed by atoms with E-state index in [1.54, 1.807) is 21.0 Å². The third-order valence-corrected chi connectivity index (χ3v) is 2.70. The SMILES string of the molecule is CCOP(=O)(NC)NC. The Labute approximate surface area is 55.5 Å². The zero-order valence-electron chi connectivity index (χ0n) is 5.97. The normalized spacial score (nSPS) is 11.9. The van der Waals surface area contributed by atoms with Crippen molar-refractivity contribution in [1.82, 2.24) is 10.2 Å². The van der Waals surface area contributed by atoms with Gasteiger partial charge in [0.05, 0.1) is 6.61 Å². The van der Waals surface area contributed by atoms with E-state index in [1.807, 2.05) is 0 Å². The zero-order valence-corrected chi connectivity index (χ0v) is 6.87. The van der Waals surface area contributed by atoms with Crippen LogP contribution in [-0.4, -0.2) is 20.7 Å². The molecule has 0 amide bonds. The molecule has 5 heteroatoms. The molecule has 0 aliphatic carbocycles.